The Morgan fingerprint density at radius 2 is 1.70 bits per heavy atom. The van der Waals surface area contributed by atoms with Gasteiger partial charge in [-0.3, -0.25) is 4.79 Å². The first-order chi connectivity index (χ1) is 26.4. The van der Waals surface area contributed by atoms with Crippen molar-refractivity contribution in [2.24, 2.45) is 4.99 Å². The van der Waals surface area contributed by atoms with Gasteiger partial charge in [0.25, 0.3) is 8.32 Å². The number of aromatic nitrogens is 3. The smallest absolute Gasteiger partial charge is 0.405 e. The van der Waals surface area contributed by atoms with Crippen molar-refractivity contribution in [2.45, 2.75) is 82.4 Å². The third-order valence-electron chi connectivity index (χ3n) is 8.83. The Bertz CT molecular complexity index is 1990. The highest BCUT2D eigenvalue weighted by molar-refractivity contribution is 8.77. The summed E-state index contributed by atoms with van der Waals surface area (Å²) in [6, 6.07) is 20.8. The van der Waals surface area contributed by atoms with Crippen LogP contribution in [0.3, 0.4) is 0 Å². The average Bonchev–Trinajstić information content (AvgIpc) is 3.72. The Labute approximate surface area is 335 Å². The molecule has 0 radical (unpaired) electrons. The Hall–Kier alpha value is -3.85. The minimum absolute atomic E-state index is 0.0397. The third-order valence-corrected chi connectivity index (χ3v) is 16.8. The minimum Gasteiger partial charge on any atom is -0.405 e. The van der Waals surface area contributed by atoms with Gasteiger partial charge in [0, 0.05) is 31.5 Å². The molecule has 1 unspecified atom stereocenters. The largest absolute Gasteiger partial charge is 0.471 e. The SMILES string of the molecule is CN(C)/C=N/c1ncnc2c1c(C#CCNC(=O)C(F)(F)F)cn2[C@H]1CC(OCSSC(C)(C)C)[C@@H](CO[Si](c2ccccc2)(c2ccccc2)C(C)(C)C)O1. The van der Waals surface area contributed by atoms with E-state index in [9.17, 15) is 18.0 Å². The highest BCUT2D eigenvalue weighted by Gasteiger charge is 2.51. The van der Waals surface area contributed by atoms with Gasteiger partial charge in [-0.25, -0.2) is 15.0 Å². The Morgan fingerprint density at radius 3 is 2.27 bits per heavy atom. The van der Waals surface area contributed by atoms with Gasteiger partial charge in [-0.1, -0.05) is 136 Å². The van der Waals surface area contributed by atoms with Crippen molar-refractivity contribution < 1.29 is 31.9 Å². The third kappa shape index (κ3) is 10.6. The van der Waals surface area contributed by atoms with Crippen molar-refractivity contribution in [3.8, 4) is 11.8 Å². The maximum atomic E-state index is 12.8. The van der Waals surface area contributed by atoms with Crippen LogP contribution in [0.15, 0.2) is 78.2 Å². The Kier molecular flexibility index (Phi) is 14.0. The summed E-state index contributed by atoms with van der Waals surface area (Å²) in [5, 5.41) is 4.33. The summed E-state index contributed by atoms with van der Waals surface area (Å²) >= 11 is 0. The number of hydrogen-bond acceptors (Lipinski definition) is 9. The van der Waals surface area contributed by atoms with Crippen LogP contribution in [-0.4, -0.2) is 96.3 Å². The zero-order valence-corrected chi connectivity index (χ0v) is 35.5. The van der Waals surface area contributed by atoms with Crippen LogP contribution in [-0.2, 0) is 18.7 Å². The summed E-state index contributed by atoms with van der Waals surface area (Å²) < 4.78 is 61.1. The molecule has 3 heterocycles. The minimum atomic E-state index is -5.01. The maximum absolute atomic E-state index is 12.8. The number of rotatable bonds is 13. The number of nitrogens with one attached hydrogen (secondary N) is 1. The first-order valence-electron chi connectivity index (χ1n) is 18.1. The molecule has 1 saturated heterocycles. The van der Waals surface area contributed by atoms with E-state index in [-0.39, 0.29) is 22.5 Å². The van der Waals surface area contributed by atoms with Crippen LogP contribution in [0, 0.1) is 11.8 Å². The number of halogens is 3. The standard InChI is InChI=1S/C40H49F3N6O4S2Si/c1-38(2,3)55-54-27-51-31-22-33(53-32(31)24-52-56(39(4,5)6,29-17-11-9-12-18-29)30-19-13-10-14-20-30)49-23-28(16-15-21-44-37(50)40(41,42)43)34-35(47-26-48(7)8)45-25-46-36(34)49/h9-14,17-20,23,25-26,31-33H,21-22,24,27H2,1-8H3,(H,44,50)/b47-26+/t31?,32-,33-/m1/s1. The molecule has 1 N–H and O–H groups in total. The van der Waals surface area contributed by atoms with Crippen LogP contribution in [0.5, 0.6) is 0 Å². The summed E-state index contributed by atoms with van der Waals surface area (Å²) in [5.41, 5.74) is 0.891. The number of carbonyl (C=O) groups excluding carboxylic acids is 1. The van der Waals surface area contributed by atoms with Gasteiger partial charge in [-0.15, -0.1) is 0 Å². The first-order valence-corrected chi connectivity index (χ1v) is 22.4. The molecule has 0 bridgehead atoms. The van der Waals surface area contributed by atoms with E-state index in [0.717, 1.165) is 10.4 Å². The van der Waals surface area contributed by atoms with E-state index in [4.69, 9.17) is 13.9 Å². The molecule has 1 fully saturated rings. The lowest BCUT2D eigenvalue weighted by Crippen LogP contribution is -2.67. The van der Waals surface area contributed by atoms with Gasteiger partial charge in [-0.05, 0) is 15.4 Å². The molecule has 1 amide bonds. The lowest BCUT2D eigenvalue weighted by molar-refractivity contribution is -0.173. The second-order valence-corrected chi connectivity index (χ2v) is 22.9. The molecule has 4 aromatic rings. The fourth-order valence-electron chi connectivity index (χ4n) is 6.50. The van der Waals surface area contributed by atoms with Crippen LogP contribution in [0.25, 0.3) is 11.0 Å². The van der Waals surface area contributed by atoms with Gasteiger partial charge in [0.05, 0.1) is 36.5 Å². The van der Waals surface area contributed by atoms with Crippen LogP contribution in [0.2, 0.25) is 5.04 Å². The van der Waals surface area contributed by atoms with E-state index in [2.05, 4.69) is 92.6 Å². The number of amides is 1. The maximum Gasteiger partial charge on any atom is 0.471 e. The second kappa shape index (κ2) is 18.2. The molecule has 0 spiro atoms. The molecule has 10 nitrogen and oxygen atoms in total. The number of ether oxygens (including phenoxy) is 2. The lowest BCUT2D eigenvalue weighted by atomic mass is 10.2. The van der Waals surface area contributed by atoms with Gasteiger partial charge in [-0.2, -0.15) is 13.2 Å². The molecule has 0 aliphatic carbocycles. The molecule has 300 valence electrons. The number of carbonyl (C=O) groups is 1. The molecule has 16 heteroatoms. The number of alkyl halides is 3. The van der Waals surface area contributed by atoms with Crippen LogP contribution < -0.4 is 15.7 Å². The van der Waals surface area contributed by atoms with E-state index >= 15 is 0 Å². The topological polar surface area (TPSA) is 103 Å². The fraction of sp³-hybridized carbons (Fsp3) is 0.450. The molecule has 2 aromatic carbocycles. The summed E-state index contributed by atoms with van der Waals surface area (Å²) in [6.45, 7) is 12.9. The van der Waals surface area contributed by atoms with Crippen molar-refractivity contribution in [3.63, 3.8) is 0 Å². The van der Waals surface area contributed by atoms with Crippen molar-refractivity contribution in [3.05, 3.63) is 78.8 Å². The Morgan fingerprint density at radius 1 is 1.05 bits per heavy atom. The number of fused-ring (bicyclic) bond motifs is 1. The monoisotopic (exact) mass is 826 g/mol. The van der Waals surface area contributed by atoms with Gasteiger partial charge < -0.3 is 28.7 Å². The normalized spacial score (nSPS) is 17.9. The molecule has 3 atom stereocenters. The number of benzene rings is 2. The van der Waals surface area contributed by atoms with E-state index in [0.29, 0.717) is 34.8 Å². The summed E-state index contributed by atoms with van der Waals surface area (Å²) in [4.78, 5) is 26.7. The summed E-state index contributed by atoms with van der Waals surface area (Å²) in [6.07, 6.45) is -1.24. The molecule has 56 heavy (non-hydrogen) atoms. The molecular weight excluding hydrogens is 778 g/mol. The van der Waals surface area contributed by atoms with Gasteiger partial charge in [0.15, 0.2) is 5.82 Å². The van der Waals surface area contributed by atoms with Crippen molar-refractivity contribution >= 4 is 69.4 Å². The van der Waals surface area contributed by atoms with Crippen LogP contribution >= 0.6 is 21.6 Å². The zero-order chi connectivity index (χ0) is 40.7. The van der Waals surface area contributed by atoms with E-state index in [1.165, 1.54) is 6.33 Å². The van der Waals surface area contributed by atoms with Gasteiger partial charge >= 0.3 is 12.1 Å². The van der Waals surface area contributed by atoms with Crippen LogP contribution in [0.4, 0.5) is 19.0 Å². The summed E-state index contributed by atoms with van der Waals surface area (Å²) in [5.74, 6) is 4.23. The van der Waals surface area contributed by atoms with E-state index in [1.54, 1.807) is 44.3 Å². The van der Waals surface area contributed by atoms with Crippen LogP contribution in [0.1, 0.15) is 59.8 Å². The average molecular weight is 827 g/mol. The second-order valence-electron chi connectivity index (χ2n) is 15.5. The highest BCUT2D eigenvalue weighted by Crippen LogP contribution is 2.41. The number of hydrogen-bond donors (Lipinski definition) is 1. The lowest BCUT2D eigenvalue weighted by Gasteiger charge is -2.43. The molecule has 1 aliphatic rings. The van der Waals surface area contributed by atoms with Gasteiger partial charge in [0.2, 0.25) is 0 Å². The molecular formula is C40H49F3N6O4S2Si. The molecule has 5 rings (SSSR count). The van der Waals surface area contributed by atoms with Crippen molar-refractivity contribution in [2.75, 3.05) is 33.2 Å². The fourth-order valence-corrected chi connectivity index (χ4v) is 13.1. The predicted octanol–water partition coefficient (Wildman–Crippen LogP) is 7.07. The Balaban J connectivity index is 1.52. The molecule has 2 aromatic heterocycles. The van der Waals surface area contributed by atoms with E-state index in [1.807, 2.05) is 55.1 Å². The highest BCUT2D eigenvalue weighted by atomic mass is 33.1. The predicted molar refractivity (Wildman–Crippen MR) is 222 cm³/mol. The van der Waals surface area contributed by atoms with Gasteiger partial charge in [0.1, 0.15) is 30.2 Å². The number of aliphatic imine (C=N–C) groups is 1. The quantitative estimate of drug-likeness (QED) is 0.0289. The number of nitrogens with zero attached hydrogens (tertiary/aromatic N) is 5. The van der Waals surface area contributed by atoms with E-state index < -0.39 is 39.3 Å². The summed E-state index contributed by atoms with van der Waals surface area (Å²) in [7, 11) is 4.09. The zero-order valence-electron chi connectivity index (χ0n) is 32.9. The molecule has 1 aliphatic heterocycles. The van der Waals surface area contributed by atoms with Crippen molar-refractivity contribution in [1.29, 1.82) is 0 Å². The molecule has 0 saturated carbocycles. The first kappa shape index (κ1) is 43.3. The van der Waals surface area contributed by atoms with Crippen molar-refractivity contribution in [1.82, 2.24) is 24.8 Å².